The van der Waals surface area contributed by atoms with Crippen LogP contribution in [0.2, 0.25) is 0 Å². The molecule has 0 bridgehead atoms. The molecule has 2 aliphatic heterocycles. The van der Waals surface area contributed by atoms with Crippen molar-refractivity contribution < 1.29 is 14.3 Å². The maximum atomic E-state index is 12.5. The first-order valence-corrected chi connectivity index (χ1v) is 7.58. The summed E-state index contributed by atoms with van der Waals surface area (Å²) in [6, 6.07) is 3.64. The largest absolute Gasteiger partial charge is 0.486 e. The summed E-state index contributed by atoms with van der Waals surface area (Å²) in [5, 5.41) is 3.25. The lowest BCUT2D eigenvalue weighted by molar-refractivity contribution is -0.119. The van der Waals surface area contributed by atoms with Crippen molar-refractivity contribution in [2.24, 2.45) is 5.92 Å². The number of hydrogen-bond acceptors (Lipinski definition) is 4. The second-order valence-electron chi connectivity index (χ2n) is 6.05. The van der Waals surface area contributed by atoms with Crippen molar-refractivity contribution >= 4 is 17.3 Å². The van der Waals surface area contributed by atoms with Crippen molar-refractivity contribution in [2.75, 3.05) is 30.0 Å². The molecule has 1 amide bonds. The van der Waals surface area contributed by atoms with Crippen molar-refractivity contribution in [3.63, 3.8) is 0 Å². The van der Waals surface area contributed by atoms with E-state index < -0.39 is 0 Å². The first-order chi connectivity index (χ1) is 10.1. The molecule has 3 rings (SSSR count). The molecule has 0 saturated heterocycles. The molecule has 114 valence electrons. The van der Waals surface area contributed by atoms with Gasteiger partial charge in [0.05, 0.1) is 11.4 Å². The third-order valence-corrected chi connectivity index (χ3v) is 3.89. The van der Waals surface area contributed by atoms with E-state index in [0.717, 1.165) is 35.8 Å². The summed E-state index contributed by atoms with van der Waals surface area (Å²) in [4.78, 5) is 14.3. The van der Waals surface area contributed by atoms with Gasteiger partial charge in [0.1, 0.15) is 19.3 Å². The van der Waals surface area contributed by atoms with Crippen LogP contribution in [-0.4, -0.2) is 31.7 Å². The van der Waals surface area contributed by atoms with E-state index in [1.807, 2.05) is 24.0 Å². The van der Waals surface area contributed by atoms with Crippen LogP contribution in [-0.2, 0) is 4.79 Å². The summed E-state index contributed by atoms with van der Waals surface area (Å²) in [6.07, 6.45) is 0.979. The molecule has 1 unspecified atom stereocenters. The smallest absolute Gasteiger partial charge is 0.249 e. The fourth-order valence-electron chi connectivity index (χ4n) is 2.68. The molecule has 0 spiro atoms. The highest BCUT2D eigenvalue weighted by Gasteiger charge is 2.31. The summed E-state index contributed by atoms with van der Waals surface area (Å²) in [5.74, 6) is 2.14. The standard InChI is InChI=1S/C16H22N2O3/c1-10(2)4-5-18-13-9-15-14(20-6-7-21-15)8-12(13)17-11(3)16(18)19/h8-11,17H,4-7H2,1-3H3. The average Bonchev–Trinajstić information content (AvgIpc) is 2.46. The van der Waals surface area contributed by atoms with Gasteiger partial charge in [-0.05, 0) is 19.3 Å². The summed E-state index contributed by atoms with van der Waals surface area (Å²) in [6.45, 7) is 8.08. The van der Waals surface area contributed by atoms with E-state index >= 15 is 0 Å². The second-order valence-corrected chi connectivity index (χ2v) is 6.05. The minimum absolute atomic E-state index is 0.111. The van der Waals surface area contributed by atoms with E-state index in [0.29, 0.717) is 19.1 Å². The van der Waals surface area contributed by atoms with Gasteiger partial charge in [0.15, 0.2) is 11.5 Å². The summed E-state index contributed by atoms with van der Waals surface area (Å²) >= 11 is 0. The fraction of sp³-hybridized carbons (Fsp3) is 0.562. The van der Waals surface area contributed by atoms with Gasteiger partial charge in [0, 0.05) is 18.7 Å². The Morgan fingerprint density at radius 1 is 1.29 bits per heavy atom. The van der Waals surface area contributed by atoms with E-state index in [-0.39, 0.29) is 11.9 Å². The number of carbonyl (C=O) groups excluding carboxylic acids is 1. The lowest BCUT2D eigenvalue weighted by Gasteiger charge is -2.35. The van der Waals surface area contributed by atoms with Crippen LogP contribution in [0.15, 0.2) is 12.1 Å². The molecule has 5 nitrogen and oxygen atoms in total. The number of carbonyl (C=O) groups is 1. The molecule has 1 N–H and O–H groups in total. The van der Waals surface area contributed by atoms with Crippen LogP contribution in [0.4, 0.5) is 11.4 Å². The van der Waals surface area contributed by atoms with Crippen molar-refractivity contribution in [3.8, 4) is 11.5 Å². The number of ether oxygens (including phenoxy) is 2. The predicted molar refractivity (Wildman–Crippen MR) is 82.3 cm³/mol. The molecule has 1 atom stereocenters. The van der Waals surface area contributed by atoms with E-state index in [1.54, 1.807) is 0 Å². The Balaban J connectivity index is 1.96. The Morgan fingerprint density at radius 3 is 2.62 bits per heavy atom. The third kappa shape index (κ3) is 2.64. The van der Waals surface area contributed by atoms with Crippen LogP contribution >= 0.6 is 0 Å². The molecule has 2 heterocycles. The van der Waals surface area contributed by atoms with E-state index in [2.05, 4.69) is 19.2 Å². The van der Waals surface area contributed by atoms with Gasteiger partial charge in [-0.15, -0.1) is 0 Å². The number of nitrogens with zero attached hydrogens (tertiary/aromatic N) is 1. The monoisotopic (exact) mass is 290 g/mol. The molecule has 1 aromatic rings. The zero-order valence-electron chi connectivity index (χ0n) is 12.8. The molecule has 0 fully saturated rings. The van der Waals surface area contributed by atoms with Crippen molar-refractivity contribution in [1.82, 2.24) is 0 Å². The Morgan fingerprint density at radius 2 is 1.95 bits per heavy atom. The van der Waals surface area contributed by atoms with Crippen LogP contribution in [0.25, 0.3) is 0 Å². The lowest BCUT2D eigenvalue weighted by Crippen LogP contribution is -2.46. The van der Waals surface area contributed by atoms with Gasteiger partial charge in [-0.25, -0.2) is 0 Å². The van der Waals surface area contributed by atoms with Crippen LogP contribution in [0, 0.1) is 5.92 Å². The van der Waals surface area contributed by atoms with Crippen LogP contribution in [0.5, 0.6) is 11.5 Å². The van der Waals surface area contributed by atoms with Crippen molar-refractivity contribution in [2.45, 2.75) is 33.2 Å². The van der Waals surface area contributed by atoms with Crippen LogP contribution in [0.1, 0.15) is 27.2 Å². The van der Waals surface area contributed by atoms with E-state index in [9.17, 15) is 4.79 Å². The average molecular weight is 290 g/mol. The third-order valence-electron chi connectivity index (χ3n) is 3.89. The zero-order chi connectivity index (χ0) is 15.0. The minimum Gasteiger partial charge on any atom is -0.486 e. The molecular formula is C16H22N2O3. The van der Waals surface area contributed by atoms with Crippen molar-refractivity contribution in [3.05, 3.63) is 12.1 Å². The SMILES string of the molecule is CC(C)CCN1C(=O)C(C)Nc2cc3c(cc21)OCCO3. The van der Waals surface area contributed by atoms with Gasteiger partial charge < -0.3 is 19.7 Å². The quantitative estimate of drug-likeness (QED) is 0.930. The molecule has 0 saturated carbocycles. The zero-order valence-corrected chi connectivity index (χ0v) is 12.8. The summed E-state index contributed by atoms with van der Waals surface area (Å²) in [7, 11) is 0. The number of rotatable bonds is 3. The Hall–Kier alpha value is -1.91. The maximum absolute atomic E-state index is 12.5. The Labute approximate surface area is 125 Å². The van der Waals surface area contributed by atoms with Gasteiger partial charge in [-0.3, -0.25) is 4.79 Å². The van der Waals surface area contributed by atoms with Gasteiger partial charge in [-0.2, -0.15) is 0 Å². The predicted octanol–water partition coefficient (Wildman–Crippen LogP) is 2.65. The molecule has 0 aromatic heterocycles. The summed E-state index contributed by atoms with van der Waals surface area (Å²) in [5.41, 5.74) is 1.83. The lowest BCUT2D eigenvalue weighted by atomic mass is 10.1. The number of hydrogen-bond donors (Lipinski definition) is 1. The Kier molecular flexibility index (Phi) is 3.66. The molecule has 5 heteroatoms. The molecule has 2 aliphatic rings. The highest BCUT2D eigenvalue weighted by molar-refractivity contribution is 6.05. The van der Waals surface area contributed by atoms with E-state index in [4.69, 9.17) is 9.47 Å². The van der Waals surface area contributed by atoms with Crippen LogP contribution in [0.3, 0.4) is 0 Å². The van der Waals surface area contributed by atoms with Gasteiger partial charge >= 0.3 is 0 Å². The summed E-state index contributed by atoms with van der Waals surface area (Å²) < 4.78 is 11.3. The molecule has 1 aromatic carbocycles. The highest BCUT2D eigenvalue weighted by atomic mass is 16.6. The Bertz CT molecular complexity index is 557. The second kappa shape index (κ2) is 5.47. The van der Waals surface area contributed by atoms with Crippen molar-refractivity contribution in [1.29, 1.82) is 0 Å². The maximum Gasteiger partial charge on any atom is 0.249 e. The number of nitrogens with one attached hydrogen (secondary N) is 1. The first-order valence-electron chi connectivity index (χ1n) is 7.58. The topological polar surface area (TPSA) is 50.8 Å². The van der Waals surface area contributed by atoms with E-state index in [1.165, 1.54) is 0 Å². The fourth-order valence-corrected chi connectivity index (χ4v) is 2.68. The number of amides is 1. The molecular weight excluding hydrogens is 268 g/mol. The number of anilines is 2. The molecule has 0 aliphatic carbocycles. The highest BCUT2D eigenvalue weighted by Crippen LogP contribution is 2.42. The first kappa shape index (κ1) is 14.0. The van der Waals surface area contributed by atoms with Gasteiger partial charge in [0.25, 0.3) is 0 Å². The normalized spacial score (nSPS) is 20.3. The van der Waals surface area contributed by atoms with Gasteiger partial charge in [-0.1, -0.05) is 13.8 Å². The number of fused-ring (bicyclic) bond motifs is 2. The molecule has 0 radical (unpaired) electrons. The number of benzene rings is 1. The van der Waals surface area contributed by atoms with Crippen LogP contribution < -0.4 is 19.7 Å². The minimum atomic E-state index is -0.216. The van der Waals surface area contributed by atoms with Gasteiger partial charge in [0.2, 0.25) is 5.91 Å². The molecule has 21 heavy (non-hydrogen) atoms.